The van der Waals surface area contributed by atoms with Crippen LogP contribution < -0.4 is 0 Å². The number of fused-ring (bicyclic) bond motifs is 2. The molecular formula is C23H19FN4O. The summed E-state index contributed by atoms with van der Waals surface area (Å²) in [5.74, 6) is -0.733. The van der Waals surface area contributed by atoms with Crippen LogP contribution in [0.1, 0.15) is 29.9 Å². The van der Waals surface area contributed by atoms with E-state index in [9.17, 15) is 9.18 Å². The third-order valence-electron chi connectivity index (χ3n) is 5.25. The quantitative estimate of drug-likeness (QED) is 0.528. The van der Waals surface area contributed by atoms with Crippen LogP contribution in [0.25, 0.3) is 22.0 Å². The number of rotatable bonds is 3. The number of carbonyl (C=O) groups is 1. The SMILES string of the molecule is [2H]C1([2H])c2ncccc2C(=O)N1Cc1ccc(-c2ccc(F)c3nn(C)cc23)cc1C. The molecule has 1 aliphatic rings. The molecule has 6 heteroatoms. The molecule has 1 aliphatic heterocycles. The minimum Gasteiger partial charge on any atom is -0.328 e. The Balaban J connectivity index is 1.51. The lowest BCUT2D eigenvalue weighted by molar-refractivity contribution is 0.0766. The number of aryl methyl sites for hydroxylation is 2. The number of nitrogens with zero attached hydrogens (tertiary/aromatic N) is 4. The maximum absolute atomic E-state index is 14.1. The molecule has 0 aliphatic carbocycles. The van der Waals surface area contributed by atoms with Crippen LogP contribution in [0.15, 0.2) is 54.9 Å². The van der Waals surface area contributed by atoms with Gasteiger partial charge in [0.05, 0.1) is 20.5 Å². The fourth-order valence-corrected chi connectivity index (χ4v) is 3.75. The molecule has 29 heavy (non-hydrogen) atoms. The van der Waals surface area contributed by atoms with Crippen molar-refractivity contribution in [2.45, 2.75) is 20.0 Å². The molecule has 2 aromatic carbocycles. The topological polar surface area (TPSA) is 51.0 Å². The monoisotopic (exact) mass is 388 g/mol. The molecule has 0 N–H and O–H groups in total. The maximum Gasteiger partial charge on any atom is 0.256 e. The summed E-state index contributed by atoms with van der Waals surface area (Å²) in [6, 6.07) is 12.1. The standard InChI is InChI=1S/C23H19FN4O/c1-14-10-15(17-7-8-20(24)22-19(17)12-27(2)26-22)5-6-16(14)11-28-13-21-18(23(28)29)4-3-9-25-21/h3-10,12H,11,13H2,1-2H3/i13D2. The minimum absolute atomic E-state index is 0.125. The van der Waals surface area contributed by atoms with Crippen LogP contribution in [0.3, 0.4) is 0 Å². The van der Waals surface area contributed by atoms with Crippen molar-refractivity contribution in [2.75, 3.05) is 0 Å². The number of hydrogen-bond acceptors (Lipinski definition) is 3. The van der Waals surface area contributed by atoms with Gasteiger partial charge in [-0.15, -0.1) is 0 Å². The summed E-state index contributed by atoms with van der Waals surface area (Å²) in [7, 11) is 1.76. The molecule has 4 aromatic rings. The summed E-state index contributed by atoms with van der Waals surface area (Å²) in [6.45, 7) is 0.0714. The Morgan fingerprint density at radius 1 is 1.21 bits per heavy atom. The highest BCUT2D eigenvalue weighted by Gasteiger charge is 2.28. The molecule has 0 saturated carbocycles. The molecule has 144 valence electrons. The van der Waals surface area contributed by atoms with Crippen molar-refractivity contribution in [3.8, 4) is 11.1 Å². The molecule has 0 fully saturated rings. The van der Waals surface area contributed by atoms with Crippen molar-refractivity contribution in [2.24, 2.45) is 7.05 Å². The molecule has 0 spiro atoms. The highest BCUT2D eigenvalue weighted by Crippen LogP contribution is 2.31. The molecule has 0 bridgehead atoms. The number of carbonyl (C=O) groups excluding carboxylic acids is 1. The van der Waals surface area contributed by atoms with Gasteiger partial charge < -0.3 is 4.90 Å². The van der Waals surface area contributed by atoms with Gasteiger partial charge in [0.1, 0.15) is 5.52 Å². The fraction of sp³-hybridized carbons (Fsp3) is 0.174. The molecule has 0 unspecified atom stereocenters. The highest BCUT2D eigenvalue weighted by molar-refractivity contribution is 5.98. The molecule has 1 amide bonds. The Morgan fingerprint density at radius 3 is 2.86 bits per heavy atom. The average molecular weight is 388 g/mol. The number of halogens is 1. The van der Waals surface area contributed by atoms with E-state index in [2.05, 4.69) is 10.1 Å². The van der Waals surface area contributed by atoms with Crippen molar-refractivity contribution in [1.82, 2.24) is 19.7 Å². The van der Waals surface area contributed by atoms with Crippen LogP contribution in [-0.2, 0) is 20.1 Å². The summed E-state index contributed by atoms with van der Waals surface area (Å²) in [5, 5.41) is 4.93. The van der Waals surface area contributed by atoms with Crippen LogP contribution in [0.5, 0.6) is 0 Å². The summed E-state index contributed by atoms with van der Waals surface area (Å²) in [4.78, 5) is 18.1. The molecule has 5 rings (SSSR count). The molecular weight excluding hydrogens is 367 g/mol. The van der Waals surface area contributed by atoms with Crippen LogP contribution in [0.4, 0.5) is 4.39 Å². The van der Waals surface area contributed by atoms with Gasteiger partial charge in [0.2, 0.25) is 0 Å². The summed E-state index contributed by atoms with van der Waals surface area (Å²) in [6.07, 6.45) is 3.29. The molecule has 2 aromatic heterocycles. The Kier molecular flexibility index (Phi) is 3.46. The van der Waals surface area contributed by atoms with E-state index in [1.54, 1.807) is 36.1 Å². The lowest BCUT2D eigenvalue weighted by Crippen LogP contribution is -2.23. The second-order valence-electron chi connectivity index (χ2n) is 7.20. The van der Waals surface area contributed by atoms with Crippen molar-refractivity contribution < 1.29 is 11.9 Å². The van der Waals surface area contributed by atoms with E-state index in [0.717, 1.165) is 27.6 Å². The second-order valence-corrected chi connectivity index (χ2v) is 7.20. The Morgan fingerprint density at radius 2 is 2.07 bits per heavy atom. The first-order valence-electron chi connectivity index (χ1n) is 10.3. The second kappa shape index (κ2) is 6.51. The zero-order chi connectivity index (χ0) is 21.9. The van der Waals surface area contributed by atoms with E-state index in [-0.39, 0.29) is 24.0 Å². The number of aromatic nitrogens is 3. The van der Waals surface area contributed by atoms with Crippen LogP contribution in [0, 0.1) is 12.7 Å². The fourth-order valence-electron chi connectivity index (χ4n) is 3.75. The van der Waals surface area contributed by atoms with E-state index in [4.69, 9.17) is 2.74 Å². The normalized spacial score (nSPS) is 16.1. The van der Waals surface area contributed by atoms with E-state index < -0.39 is 6.50 Å². The zero-order valence-corrected chi connectivity index (χ0v) is 16.0. The highest BCUT2D eigenvalue weighted by atomic mass is 19.1. The lowest BCUT2D eigenvalue weighted by atomic mass is 9.97. The Labute approximate surface area is 170 Å². The molecule has 0 saturated heterocycles. The van der Waals surface area contributed by atoms with Gasteiger partial charge in [-0.1, -0.05) is 24.3 Å². The van der Waals surface area contributed by atoms with E-state index >= 15 is 0 Å². The molecule has 0 radical (unpaired) electrons. The van der Waals surface area contributed by atoms with Crippen LogP contribution in [-0.4, -0.2) is 25.6 Å². The van der Waals surface area contributed by atoms with E-state index in [0.29, 0.717) is 11.1 Å². The molecule has 3 heterocycles. The van der Waals surface area contributed by atoms with E-state index in [1.165, 1.54) is 17.2 Å². The van der Waals surface area contributed by atoms with Crippen molar-refractivity contribution in [3.63, 3.8) is 0 Å². The van der Waals surface area contributed by atoms with Crippen molar-refractivity contribution in [1.29, 1.82) is 0 Å². The predicted octanol–water partition coefficient (Wildman–Crippen LogP) is 4.24. The number of amides is 1. The molecule has 5 nitrogen and oxygen atoms in total. The van der Waals surface area contributed by atoms with Gasteiger partial charge in [-0.2, -0.15) is 5.10 Å². The number of benzene rings is 2. The summed E-state index contributed by atoms with van der Waals surface area (Å²) >= 11 is 0. The number of pyridine rings is 1. The van der Waals surface area contributed by atoms with Gasteiger partial charge in [0.25, 0.3) is 5.91 Å². The Hall–Kier alpha value is -3.54. The van der Waals surface area contributed by atoms with Crippen molar-refractivity contribution in [3.05, 3.63) is 83.1 Å². The molecule has 0 atom stereocenters. The van der Waals surface area contributed by atoms with Gasteiger partial charge in [0, 0.05) is 31.4 Å². The van der Waals surface area contributed by atoms with Crippen LogP contribution >= 0.6 is 0 Å². The zero-order valence-electron chi connectivity index (χ0n) is 18.0. The summed E-state index contributed by atoms with van der Waals surface area (Å²) in [5.41, 5.74) is 4.28. The van der Waals surface area contributed by atoms with Crippen LogP contribution in [0.2, 0.25) is 0 Å². The first kappa shape index (κ1) is 15.4. The van der Waals surface area contributed by atoms with Gasteiger partial charge >= 0.3 is 0 Å². The first-order chi connectivity index (χ1) is 14.8. The van der Waals surface area contributed by atoms with Gasteiger partial charge in [-0.3, -0.25) is 14.5 Å². The minimum atomic E-state index is -1.97. The third-order valence-corrected chi connectivity index (χ3v) is 5.25. The Bertz CT molecular complexity index is 1370. The largest absolute Gasteiger partial charge is 0.328 e. The average Bonchev–Trinajstić information content (AvgIpc) is 3.22. The van der Waals surface area contributed by atoms with Gasteiger partial charge in [0.15, 0.2) is 5.82 Å². The van der Waals surface area contributed by atoms with Crippen molar-refractivity contribution >= 4 is 16.8 Å². The van der Waals surface area contributed by atoms with Gasteiger partial charge in [-0.25, -0.2) is 4.39 Å². The van der Waals surface area contributed by atoms with E-state index in [1.807, 2.05) is 25.1 Å². The van der Waals surface area contributed by atoms with Gasteiger partial charge in [-0.05, 0) is 47.4 Å². The number of hydrogen-bond donors (Lipinski definition) is 0. The smallest absolute Gasteiger partial charge is 0.256 e. The maximum atomic E-state index is 14.1. The first-order valence-corrected chi connectivity index (χ1v) is 9.26. The summed E-state index contributed by atoms with van der Waals surface area (Å²) < 4.78 is 32.6. The predicted molar refractivity (Wildman–Crippen MR) is 109 cm³/mol. The third kappa shape index (κ3) is 2.88. The lowest BCUT2D eigenvalue weighted by Gasteiger charge is -2.17.